The molecule has 0 aliphatic rings. The maximum atomic E-state index is 4.56. The Morgan fingerprint density at radius 1 is 1.21 bits per heavy atom. The molecule has 24 heavy (non-hydrogen) atoms. The molecule has 4 heterocycles. The van der Waals surface area contributed by atoms with Gasteiger partial charge in [0.1, 0.15) is 12.0 Å². The van der Waals surface area contributed by atoms with Crippen LogP contribution in [0.5, 0.6) is 0 Å². The smallest absolute Gasteiger partial charge is 0.224 e. The summed E-state index contributed by atoms with van der Waals surface area (Å²) in [6, 6.07) is 3.97. The van der Waals surface area contributed by atoms with Gasteiger partial charge in [0, 0.05) is 41.6 Å². The summed E-state index contributed by atoms with van der Waals surface area (Å²) in [5, 5.41) is 8.45. The molecule has 0 amide bonds. The number of nitrogens with zero attached hydrogens (tertiary/aromatic N) is 5. The molecule has 4 aromatic heterocycles. The van der Waals surface area contributed by atoms with E-state index in [0.29, 0.717) is 5.95 Å². The lowest BCUT2D eigenvalue weighted by Gasteiger charge is -2.18. The summed E-state index contributed by atoms with van der Waals surface area (Å²) in [7, 11) is 0. The molecule has 122 valence electrons. The van der Waals surface area contributed by atoms with E-state index < -0.39 is 0 Å². The van der Waals surface area contributed by atoms with E-state index in [1.54, 1.807) is 10.8 Å². The van der Waals surface area contributed by atoms with Crippen molar-refractivity contribution >= 4 is 22.6 Å². The van der Waals surface area contributed by atoms with Crippen LogP contribution < -0.4 is 5.32 Å². The van der Waals surface area contributed by atoms with E-state index >= 15 is 0 Å². The summed E-state index contributed by atoms with van der Waals surface area (Å²) in [6.45, 7) is 7.33. The maximum Gasteiger partial charge on any atom is 0.224 e. The van der Waals surface area contributed by atoms with Gasteiger partial charge in [0.2, 0.25) is 5.95 Å². The lowest BCUT2D eigenvalue weighted by Crippen LogP contribution is -2.20. The first kappa shape index (κ1) is 14.6. The summed E-state index contributed by atoms with van der Waals surface area (Å²) in [6.07, 6.45) is 7.30. The van der Waals surface area contributed by atoms with Gasteiger partial charge in [-0.15, -0.1) is 0 Å². The highest BCUT2D eigenvalue weighted by atomic mass is 15.3. The number of aromatic nitrogens is 6. The van der Waals surface area contributed by atoms with Crippen LogP contribution in [0.1, 0.15) is 20.8 Å². The van der Waals surface area contributed by atoms with E-state index in [0.717, 1.165) is 34.4 Å². The van der Waals surface area contributed by atoms with Crippen LogP contribution >= 0.6 is 0 Å². The molecule has 0 unspecified atom stereocenters. The molecule has 0 radical (unpaired) electrons. The van der Waals surface area contributed by atoms with Crippen molar-refractivity contribution in [2.45, 2.75) is 20.8 Å². The number of aromatic amines is 1. The number of anilines is 1. The number of hydrogen-bond acceptors (Lipinski definition) is 5. The summed E-state index contributed by atoms with van der Waals surface area (Å²) >= 11 is 0. The average Bonchev–Trinajstić information content (AvgIpc) is 3.17. The Morgan fingerprint density at radius 2 is 2.08 bits per heavy atom. The molecule has 0 saturated carbocycles. The highest BCUT2D eigenvalue weighted by molar-refractivity contribution is 5.93. The van der Waals surface area contributed by atoms with Gasteiger partial charge in [-0.2, -0.15) is 10.1 Å². The fraction of sp³-hybridized carbons (Fsp3) is 0.294. The van der Waals surface area contributed by atoms with Crippen LogP contribution in [-0.4, -0.2) is 36.1 Å². The third-order valence-electron chi connectivity index (χ3n) is 3.79. The Bertz CT molecular complexity index is 1010. The first-order valence-corrected chi connectivity index (χ1v) is 7.87. The quantitative estimate of drug-likeness (QED) is 0.605. The average molecular weight is 321 g/mol. The third-order valence-corrected chi connectivity index (χ3v) is 3.79. The van der Waals surface area contributed by atoms with E-state index in [4.69, 9.17) is 0 Å². The van der Waals surface area contributed by atoms with E-state index in [-0.39, 0.29) is 5.41 Å². The van der Waals surface area contributed by atoms with Gasteiger partial charge in [0.25, 0.3) is 0 Å². The maximum absolute atomic E-state index is 4.56. The van der Waals surface area contributed by atoms with Crippen molar-refractivity contribution in [3.63, 3.8) is 0 Å². The van der Waals surface area contributed by atoms with Gasteiger partial charge in [-0.05, 0) is 17.5 Å². The first-order chi connectivity index (χ1) is 11.5. The topological polar surface area (TPSA) is 83.8 Å². The fourth-order valence-corrected chi connectivity index (χ4v) is 2.55. The van der Waals surface area contributed by atoms with E-state index in [1.807, 2.05) is 30.7 Å². The lowest BCUT2D eigenvalue weighted by atomic mass is 9.97. The van der Waals surface area contributed by atoms with Gasteiger partial charge in [-0.1, -0.05) is 20.8 Å². The minimum absolute atomic E-state index is 0.173. The predicted molar refractivity (Wildman–Crippen MR) is 93.8 cm³/mol. The second-order valence-electron chi connectivity index (χ2n) is 7.05. The van der Waals surface area contributed by atoms with Gasteiger partial charge in [0.05, 0.1) is 0 Å². The van der Waals surface area contributed by atoms with Gasteiger partial charge >= 0.3 is 0 Å². The molecular formula is C17H19N7. The van der Waals surface area contributed by atoms with Gasteiger partial charge in [-0.3, -0.25) is 0 Å². The van der Waals surface area contributed by atoms with Crippen molar-refractivity contribution in [1.29, 1.82) is 0 Å². The monoisotopic (exact) mass is 321 g/mol. The summed E-state index contributed by atoms with van der Waals surface area (Å²) < 4.78 is 1.76. The Balaban J connectivity index is 1.69. The molecule has 0 atom stereocenters. The number of nitrogens with one attached hydrogen (secondary N) is 2. The third kappa shape index (κ3) is 2.68. The van der Waals surface area contributed by atoms with Crippen LogP contribution in [0.15, 0.2) is 37.1 Å². The highest BCUT2D eigenvalue weighted by Crippen LogP contribution is 2.28. The molecule has 0 aromatic carbocycles. The second-order valence-corrected chi connectivity index (χ2v) is 7.05. The molecule has 0 aliphatic heterocycles. The second kappa shape index (κ2) is 5.30. The van der Waals surface area contributed by atoms with Crippen molar-refractivity contribution in [2.24, 2.45) is 5.41 Å². The number of hydrogen-bond donors (Lipinski definition) is 2. The van der Waals surface area contributed by atoms with Gasteiger partial charge in [0.15, 0.2) is 5.65 Å². The van der Waals surface area contributed by atoms with Crippen molar-refractivity contribution in [1.82, 2.24) is 29.5 Å². The zero-order chi connectivity index (χ0) is 16.7. The van der Waals surface area contributed by atoms with E-state index in [9.17, 15) is 0 Å². The first-order valence-electron chi connectivity index (χ1n) is 7.87. The molecule has 4 aromatic rings. The Hall–Kier alpha value is -2.96. The van der Waals surface area contributed by atoms with Crippen LogP contribution in [-0.2, 0) is 0 Å². The SMILES string of the molecule is CC(C)(C)CNc1ncc2c(-c3ccc4ncnn4c3)c[nH]c2n1. The number of pyridine rings is 1. The van der Waals surface area contributed by atoms with Crippen LogP contribution in [0.25, 0.3) is 27.8 Å². The zero-order valence-electron chi connectivity index (χ0n) is 13.9. The molecular weight excluding hydrogens is 302 g/mol. The van der Waals surface area contributed by atoms with Crippen molar-refractivity contribution in [3.8, 4) is 11.1 Å². The van der Waals surface area contributed by atoms with Crippen molar-refractivity contribution in [3.05, 3.63) is 37.1 Å². The van der Waals surface area contributed by atoms with Gasteiger partial charge < -0.3 is 10.3 Å². The van der Waals surface area contributed by atoms with Gasteiger partial charge in [-0.25, -0.2) is 14.5 Å². The number of fused-ring (bicyclic) bond motifs is 2. The molecule has 2 N–H and O–H groups in total. The van der Waals surface area contributed by atoms with Crippen LogP contribution in [0.4, 0.5) is 5.95 Å². The van der Waals surface area contributed by atoms with Crippen molar-refractivity contribution < 1.29 is 0 Å². The molecule has 7 nitrogen and oxygen atoms in total. The summed E-state index contributed by atoms with van der Waals surface area (Å²) in [5.74, 6) is 0.637. The largest absolute Gasteiger partial charge is 0.354 e. The summed E-state index contributed by atoms with van der Waals surface area (Å²) in [4.78, 5) is 16.4. The summed E-state index contributed by atoms with van der Waals surface area (Å²) in [5.41, 5.74) is 3.90. The van der Waals surface area contributed by atoms with E-state index in [2.05, 4.69) is 51.1 Å². The Morgan fingerprint density at radius 3 is 2.92 bits per heavy atom. The van der Waals surface area contributed by atoms with Crippen LogP contribution in [0.3, 0.4) is 0 Å². The lowest BCUT2D eigenvalue weighted by molar-refractivity contribution is 0.442. The zero-order valence-corrected chi connectivity index (χ0v) is 13.9. The molecule has 7 heteroatoms. The molecule has 0 saturated heterocycles. The highest BCUT2D eigenvalue weighted by Gasteiger charge is 2.13. The fourth-order valence-electron chi connectivity index (χ4n) is 2.55. The Kier molecular flexibility index (Phi) is 3.23. The molecule has 0 spiro atoms. The van der Waals surface area contributed by atoms with Crippen LogP contribution in [0.2, 0.25) is 0 Å². The van der Waals surface area contributed by atoms with E-state index in [1.165, 1.54) is 0 Å². The molecule has 4 rings (SSSR count). The minimum Gasteiger partial charge on any atom is -0.354 e. The number of H-pyrrole nitrogens is 1. The predicted octanol–water partition coefficient (Wildman–Crippen LogP) is 3.13. The molecule has 0 bridgehead atoms. The standard InChI is InChI=1S/C17H19N7/c1-17(2,3)9-20-16-19-7-13-12(6-18-15(13)23-16)11-4-5-14-21-10-22-24(14)8-11/h4-8,10H,9H2,1-3H3,(H2,18,19,20,23). The van der Waals surface area contributed by atoms with Crippen LogP contribution in [0, 0.1) is 5.41 Å². The minimum atomic E-state index is 0.173. The number of rotatable bonds is 3. The normalized spacial score (nSPS) is 12.1. The van der Waals surface area contributed by atoms with Crippen molar-refractivity contribution in [2.75, 3.05) is 11.9 Å². The molecule has 0 fully saturated rings. The molecule has 0 aliphatic carbocycles. The Labute approximate surface area is 139 Å².